The second kappa shape index (κ2) is 8.98. The molecule has 178 valence electrons. The van der Waals surface area contributed by atoms with Gasteiger partial charge in [-0.05, 0) is 25.5 Å². The summed E-state index contributed by atoms with van der Waals surface area (Å²) in [4.78, 5) is 17.0. The van der Waals surface area contributed by atoms with E-state index in [0.717, 1.165) is 32.0 Å². The molecule has 4 heterocycles. The van der Waals surface area contributed by atoms with Gasteiger partial charge in [-0.15, -0.1) is 11.6 Å². The highest BCUT2D eigenvalue weighted by atomic mass is 35.5. The largest absolute Gasteiger partial charge is 0.378 e. The van der Waals surface area contributed by atoms with Crippen LogP contribution in [0.5, 0.6) is 0 Å². The fourth-order valence-corrected chi connectivity index (χ4v) is 6.97. The van der Waals surface area contributed by atoms with Gasteiger partial charge in [-0.25, -0.2) is 12.8 Å². The molecule has 2 saturated heterocycles. The predicted octanol–water partition coefficient (Wildman–Crippen LogP) is 2.32. The van der Waals surface area contributed by atoms with E-state index in [1.807, 2.05) is 0 Å². The molecule has 33 heavy (non-hydrogen) atoms. The second-order valence-electron chi connectivity index (χ2n) is 8.69. The lowest BCUT2D eigenvalue weighted by Gasteiger charge is -2.33. The maximum atomic E-state index is 14.7. The van der Waals surface area contributed by atoms with Crippen LogP contribution in [0, 0.1) is 5.82 Å². The second-order valence-corrected chi connectivity index (χ2v) is 11.0. The van der Waals surface area contributed by atoms with Crippen LogP contribution in [0.25, 0.3) is 11.3 Å². The molecule has 0 saturated carbocycles. The van der Waals surface area contributed by atoms with Crippen molar-refractivity contribution in [2.45, 2.75) is 29.5 Å². The van der Waals surface area contributed by atoms with Gasteiger partial charge in [-0.2, -0.15) is 5.10 Å². The Morgan fingerprint density at radius 3 is 2.79 bits per heavy atom. The fraction of sp³-hybridized carbons (Fsp3) is 0.545. The van der Waals surface area contributed by atoms with E-state index < -0.39 is 21.4 Å². The standard InChI is InChI=1S/C22H26ClFN4O4S/c23-6-8-26-7-2-3-15(13-26)28-20-16-4-1-5-18(24)21(16)33(30,31)14-17(20)19(25-28)22(29)27-9-11-32-12-10-27/h1,4-5,15H,2-3,6-14H2. The minimum absolute atomic E-state index is 0.0705. The highest BCUT2D eigenvalue weighted by Crippen LogP contribution is 2.42. The zero-order valence-electron chi connectivity index (χ0n) is 18.2. The third-order valence-corrected chi connectivity index (χ3v) is 8.48. The number of ether oxygens (including phenoxy) is 1. The summed E-state index contributed by atoms with van der Waals surface area (Å²) in [5.74, 6) is -1.02. The van der Waals surface area contributed by atoms with Gasteiger partial charge in [0.2, 0.25) is 0 Å². The van der Waals surface area contributed by atoms with E-state index in [-0.39, 0.29) is 28.1 Å². The van der Waals surface area contributed by atoms with E-state index in [1.165, 1.54) is 6.07 Å². The number of sulfone groups is 1. The number of halogens is 2. The van der Waals surface area contributed by atoms with Crippen LogP contribution in [0.1, 0.15) is 34.9 Å². The van der Waals surface area contributed by atoms with Gasteiger partial charge in [0.05, 0.1) is 30.7 Å². The number of fused-ring (bicyclic) bond motifs is 3. The van der Waals surface area contributed by atoms with Crippen molar-refractivity contribution in [3.8, 4) is 11.3 Å². The maximum absolute atomic E-state index is 14.7. The van der Waals surface area contributed by atoms with E-state index >= 15 is 0 Å². The summed E-state index contributed by atoms with van der Waals surface area (Å²) >= 11 is 5.96. The van der Waals surface area contributed by atoms with Crippen molar-refractivity contribution >= 4 is 27.3 Å². The summed E-state index contributed by atoms with van der Waals surface area (Å²) < 4.78 is 48.0. The number of benzene rings is 1. The molecule has 0 N–H and O–H groups in total. The van der Waals surface area contributed by atoms with Gasteiger partial charge in [0.25, 0.3) is 5.91 Å². The molecule has 0 bridgehead atoms. The lowest BCUT2D eigenvalue weighted by molar-refractivity contribution is 0.0297. The first-order chi connectivity index (χ1) is 15.9. The number of carbonyl (C=O) groups excluding carboxylic acids is 1. The van der Waals surface area contributed by atoms with Crippen LogP contribution in [0.3, 0.4) is 0 Å². The van der Waals surface area contributed by atoms with Crippen LogP contribution in [0.2, 0.25) is 0 Å². The molecule has 11 heteroatoms. The highest BCUT2D eigenvalue weighted by Gasteiger charge is 2.40. The molecule has 0 spiro atoms. The number of morpholine rings is 1. The van der Waals surface area contributed by atoms with Crippen molar-refractivity contribution in [3.63, 3.8) is 0 Å². The normalized spacial score (nSPS) is 22.6. The molecule has 0 aliphatic carbocycles. The molecule has 1 atom stereocenters. The number of carbonyl (C=O) groups is 1. The van der Waals surface area contributed by atoms with Crippen LogP contribution in [0.15, 0.2) is 23.1 Å². The Balaban J connectivity index is 1.66. The third-order valence-electron chi connectivity index (χ3n) is 6.60. The molecular weight excluding hydrogens is 471 g/mol. The zero-order chi connectivity index (χ0) is 23.2. The smallest absolute Gasteiger partial charge is 0.274 e. The Labute approximate surface area is 197 Å². The van der Waals surface area contributed by atoms with E-state index in [2.05, 4.69) is 4.90 Å². The first-order valence-corrected chi connectivity index (χ1v) is 13.4. The number of piperidine rings is 1. The molecule has 3 aliphatic rings. The van der Waals surface area contributed by atoms with Crippen molar-refractivity contribution in [2.24, 2.45) is 0 Å². The summed E-state index contributed by atoms with van der Waals surface area (Å²) in [6.45, 7) is 4.04. The van der Waals surface area contributed by atoms with Crippen molar-refractivity contribution in [1.29, 1.82) is 0 Å². The minimum atomic E-state index is -3.96. The molecule has 2 fully saturated rings. The Morgan fingerprint density at radius 1 is 1.24 bits per heavy atom. The topological polar surface area (TPSA) is 84.7 Å². The lowest BCUT2D eigenvalue weighted by atomic mass is 10.0. The molecule has 0 radical (unpaired) electrons. The number of rotatable bonds is 4. The molecule has 3 aliphatic heterocycles. The van der Waals surface area contributed by atoms with Gasteiger partial charge in [0, 0.05) is 43.2 Å². The summed E-state index contributed by atoms with van der Waals surface area (Å²) in [7, 11) is -3.96. The van der Waals surface area contributed by atoms with Gasteiger partial charge >= 0.3 is 0 Å². The molecule has 2 aromatic rings. The molecule has 1 amide bonds. The number of amides is 1. The van der Waals surface area contributed by atoms with E-state index in [9.17, 15) is 17.6 Å². The number of aromatic nitrogens is 2. The van der Waals surface area contributed by atoms with Gasteiger partial charge in [-0.3, -0.25) is 9.48 Å². The average Bonchev–Trinajstić information content (AvgIpc) is 3.18. The number of nitrogens with zero attached hydrogens (tertiary/aromatic N) is 4. The third kappa shape index (κ3) is 4.07. The Morgan fingerprint density at radius 2 is 2.03 bits per heavy atom. The summed E-state index contributed by atoms with van der Waals surface area (Å²) in [5.41, 5.74) is 1.31. The Kier molecular flexibility index (Phi) is 6.19. The Hall–Kier alpha value is -2.01. The summed E-state index contributed by atoms with van der Waals surface area (Å²) in [5, 5.41) is 4.72. The first kappa shape index (κ1) is 22.8. The number of hydrogen-bond donors (Lipinski definition) is 0. The van der Waals surface area contributed by atoms with Crippen LogP contribution < -0.4 is 0 Å². The van der Waals surface area contributed by atoms with Gasteiger partial charge in [0.15, 0.2) is 15.5 Å². The zero-order valence-corrected chi connectivity index (χ0v) is 19.7. The highest BCUT2D eigenvalue weighted by molar-refractivity contribution is 7.91. The van der Waals surface area contributed by atoms with Crippen LogP contribution in [-0.4, -0.2) is 85.7 Å². The predicted molar refractivity (Wildman–Crippen MR) is 121 cm³/mol. The van der Waals surface area contributed by atoms with Crippen LogP contribution >= 0.6 is 11.6 Å². The molecule has 1 aromatic carbocycles. The fourth-order valence-electron chi connectivity index (χ4n) is 5.07. The summed E-state index contributed by atoms with van der Waals surface area (Å²) in [6.07, 6.45) is 1.76. The SMILES string of the molecule is O=C(c1nn(C2CCCN(CCCl)C2)c2c1CS(=O)(=O)c1c(F)cccc1-2)N1CCOCC1. The first-order valence-electron chi connectivity index (χ1n) is 11.2. The van der Waals surface area contributed by atoms with E-state index in [1.54, 1.807) is 15.6 Å². The van der Waals surface area contributed by atoms with Gasteiger partial charge in [0.1, 0.15) is 10.7 Å². The van der Waals surface area contributed by atoms with E-state index in [0.29, 0.717) is 50.0 Å². The molecule has 5 rings (SSSR count). The number of hydrogen-bond acceptors (Lipinski definition) is 6. The van der Waals surface area contributed by atoms with Crippen molar-refractivity contribution in [2.75, 3.05) is 51.8 Å². The average molecular weight is 497 g/mol. The van der Waals surface area contributed by atoms with Crippen molar-refractivity contribution in [1.82, 2.24) is 19.6 Å². The monoisotopic (exact) mass is 496 g/mol. The van der Waals surface area contributed by atoms with Crippen LogP contribution in [-0.2, 0) is 20.3 Å². The molecular formula is C22H26ClFN4O4S. The van der Waals surface area contributed by atoms with Gasteiger partial charge in [-0.1, -0.05) is 12.1 Å². The molecule has 8 nitrogen and oxygen atoms in total. The van der Waals surface area contributed by atoms with Crippen molar-refractivity contribution in [3.05, 3.63) is 35.3 Å². The molecule has 1 unspecified atom stereocenters. The molecule has 1 aromatic heterocycles. The quantitative estimate of drug-likeness (QED) is 0.604. The Bertz CT molecular complexity index is 1180. The minimum Gasteiger partial charge on any atom is -0.378 e. The van der Waals surface area contributed by atoms with Crippen molar-refractivity contribution < 1.29 is 22.3 Å². The maximum Gasteiger partial charge on any atom is 0.274 e. The summed E-state index contributed by atoms with van der Waals surface area (Å²) in [6, 6.07) is 4.19. The van der Waals surface area contributed by atoms with E-state index in [4.69, 9.17) is 21.4 Å². The lowest BCUT2D eigenvalue weighted by Crippen LogP contribution is -2.41. The number of likely N-dealkylation sites (tertiary alicyclic amines) is 1. The number of alkyl halides is 1. The van der Waals surface area contributed by atoms with Gasteiger partial charge < -0.3 is 14.5 Å². The van der Waals surface area contributed by atoms with Crippen LogP contribution in [0.4, 0.5) is 4.39 Å².